The van der Waals surface area contributed by atoms with Crippen LogP contribution in [0, 0.1) is 11.8 Å². The maximum absolute atomic E-state index is 13.4. The van der Waals surface area contributed by atoms with Crippen molar-refractivity contribution in [2.75, 3.05) is 46.4 Å². The molecule has 368 valence electrons. The van der Waals surface area contributed by atoms with Crippen LogP contribution in [0.25, 0.3) is 0 Å². The number of nitrogens with zero attached hydrogens (tertiary/aromatic N) is 2. The molecule has 4 amide bonds. The van der Waals surface area contributed by atoms with Gasteiger partial charge in [0.15, 0.2) is 6.29 Å². The summed E-state index contributed by atoms with van der Waals surface area (Å²) in [7, 11) is 1.36. The Kier molecular flexibility index (Phi) is 17.7. The first kappa shape index (κ1) is 53.1. The van der Waals surface area contributed by atoms with E-state index >= 15 is 0 Å². The van der Waals surface area contributed by atoms with Crippen molar-refractivity contribution in [3.05, 3.63) is 11.8 Å². The lowest BCUT2D eigenvalue weighted by Gasteiger charge is -2.51. The Morgan fingerprint density at radius 3 is 2.16 bits per heavy atom. The van der Waals surface area contributed by atoms with E-state index in [0.717, 1.165) is 17.7 Å². The summed E-state index contributed by atoms with van der Waals surface area (Å²) in [6, 6.07) is -3.89. The molecule has 0 bridgehead atoms. The van der Waals surface area contributed by atoms with E-state index in [1.165, 1.54) is 14.0 Å². The average Bonchev–Trinajstić information content (AvgIpc) is 3.15. The van der Waals surface area contributed by atoms with Crippen LogP contribution in [0.2, 0.25) is 0 Å². The van der Waals surface area contributed by atoms with E-state index in [1.807, 2.05) is 26.8 Å². The van der Waals surface area contributed by atoms with Crippen molar-refractivity contribution in [3.8, 4) is 0 Å². The number of likely N-dealkylation sites (N-methyl/N-ethyl adjacent to an activating group) is 1. The fraction of sp³-hybridized carbons (Fsp3) is 0.860. The lowest BCUT2D eigenvalue weighted by molar-refractivity contribution is -0.305. The van der Waals surface area contributed by atoms with Crippen LogP contribution in [0.15, 0.2) is 11.8 Å². The topological polar surface area (TPSA) is 299 Å². The summed E-state index contributed by atoms with van der Waals surface area (Å²) in [4.78, 5) is 54.2. The summed E-state index contributed by atoms with van der Waals surface area (Å²) < 4.78 is 34.9. The minimum Gasteiger partial charge on any atom is -0.492 e. The van der Waals surface area contributed by atoms with Crippen molar-refractivity contribution in [1.29, 1.82) is 0 Å². The maximum atomic E-state index is 13.4. The van der Waals surface area contributed by atoms with E-state index in [2.05, 4.69) is 16.0 Å². The lowest BCUT2D eigenvalue weighted by atomic mass is 9.72. The van der Waals surface area contributed by atoms with Crippen LogP contribution in [0.4, 0.5) is 14.4 Å². The van der Waals surface area contributed by atoms with Gasteiger partial charge in [0.25, 0.3) is 5.91 Å². The minimum absolute atomic E-state index is 0.0298. The molecule has 1 unspecified atom stereocenters. The molecule has 3 fully saturated rings. The molecular formula is C43H77N7O14. The van der Waals surface area contributed by atoms with Gasteiger partial charge < -0.3 is 86.1 Å². The summed E-state index contributed by atoms with van der Waals surface area (Å²) >= 11 is 0. The summed E-state index contributed by atoms with van der Waals surface area (Å²) in [5, 5.41) is 54.6. The van der Waals surface area contributed by atoms with Crippen LogP contribution in [-0.2, 0) is 33.2 Å². The van der Waals surface area contributed by atoms with Crippen molar-refractivity contribution < 1.29 is 68.0 Å². The van der Waals surface area contributed by atoms with Gasteiger partial charge in [-0.3, -0.25) is 4.79 Å². The zero-order valence-corrected chi connectivity index (χ0v) is 39.5. The normalized spacial score (nSPS) is 32.3. The van der Waals surface area contributed by atoms with Crippen molar-refractivity contribution >= 4 is 24.2 Å². The summed E-state index contributed by atoms with van der Waals surface area (Å²) in [6.07, 6.45) is -6.93. The average molecular weight is 916 g/mol. The van der Waals surface area contributed by atoms with Crippen LogP contribution >= 0.6 is 0 Å². The molecule has 4 rings (SSSR count). The van der Waals surface area contributed by atoms with Crippen LogP contribution < -0.4 is 27.4 Å². The Labute approximate surface area is 377 Å². The molecule has 3 heterocycles. The van der Waals surface area contributed by atoms with E-state index in [1.54, 1.807) is 46.4 Å². The summed E-state index contributed by atoms with van der Waals surface area (Å²) in [5.41, 5.74) is 9.37. The lowest BCUT2D eigenvalue weighted by Crippen LogP contribution is -2.70. The molecule has 21 nitrogen and oxygen atoms in total. The number of alkyl carbamates (subject to hydrolysis) is 1. The van der Waals surface area contributed by atoms with Crippen molar-refractivity contribution in [2.45, 2.75) is 178 Å². The molecule has 0 aromatic rings. The number of likely N-dealkylation sites (tertiary alicyclic amines) is 1. The number of ether oxygens (including phenoxy) is 6. The molecule has 12 atom stereocenters. The number of hydrogen-bond donors (Lipinski definition) is 9. The van der Waals surface area contributed by atoms with Crippen LogP contribution in [-0.4, -0.2) is 184 Å². The highest BCUT2D eigenvalue weighted by atomic mass is 16.7. The second-order valence-electron chi connectivity index (χ2n) is 20.8. The number of carbonyl (C=O) groups excluding carboxylic acids is 4. The number of rotatable bonds is 12. The molecule has 64 heavy (non-hydrogen) atoms. The molecule has 3 aliphatic heterocycles. The molecule has 1 saturated carbocycles. The quantitative estimate of drug-likeness (QED) is 0.120. The predicted molar refractivity (Wildman–Crippen MR) is 232 cm³/mol. The fourth-order valence-corrected chi connectivity index (χ4v) is 8.47. The molecule has 1 aliphatic carbocycles. The second kappa shape index (κ2) is 21.4. The van der Waals surface area contributed by atoms with E-state index in [-0.39, 0.29) is 12.5 Å². The molecule has 4 aliphatic rings. The van der Waals surface area contributed by atoms with Gasteiger partial charge in [-0.2, -0.15) is 0 Å². The van der Waals surface area contributed by atoms with Crippen LogP contribution in [0.5, 0.6) is 0 Å². The maximum Gasteiger partial charge on any atom is 0.410 e. The van der Waals surface area contributed by atoms with Gasteiger partial charge in [0.05, 0.1) is 37.9 Å². The SMILES string of the molecule is CN(C(=O)OC(C)(C)C)[C@@H]1[C@@H](O)[C@@H](O[C@@H]2[C@@H](O)[C@H](C3OC(CNCC4CCN(C(=O)OC(C)(C)C)CC4)=CC[C@H]3N)[C@@H](N)C[C@H]2NC(=O)[C@H](O)CNC(=O)OC(C)(C)C)OC[C@]1(C)O. The van der Waals surface area contributed by atoms with Crippen LogP contribution in [0.1, 0.15) is 94.9 Å². The van der Waals surface area contributed by atoms with Crippen molar-refractivity contribution in [3.63, 3.8) is 0 Å². The third kappa shape index (κ3) is 15.0. The van der Waals surface area contributed by atoms with Gasteiger partial charge in [-0.15, -0.1) is 0 Å². The van der Waals surface area contributed by atoms with Crippen LogP contribution in [0.3, 0.4) is 0 Å². The number of nitrogens with two attached hydrogens (primary N) is 2. The van der Waals surface area contributed by atoms with E-state index in [0.29, 0.717) is 44.3 Å². The monoisotopic (exact) mass is 916 g/mol. The molecule has 0 aromatic heterocycles. The third-order valence-electron chi connectivity index (χ3n) is 11.5. The number of carbonyl (C=O) groups is 4. The van der Waals surface area contributed by atoms with Crippen molar-refractivity contribution in [2.24, 2.45) is 23.3 Å². The van der Waals surface area contributed by atoms with Gasteiger partial charge in [0.1, 0.15) is 52.6 Å². The van der Waals surface area contributed by atoms with E-state index in [9.17, 15) is 39.6 Å². The van der Waals surface area contributed by atoms with Gasteiger partial charge >= 0.3 is 18.3 Å². The highest BCUT2D eigenvalue weighted by molar-refractivity contribution is 5.82. The van der Waals surface area contributed by atoms with E-state index < -0.39 is 121 Å². The van der Waals surface area contributed by atoms with Gasteiger partial charge in [0, 0.05) is 38.1 Å². The van der Waals surface area contributed by atoms with Crippen molar-refractivity contribution in [1.82, 2.24) is 25.8 Å². The zero-order chi connectivity index (χ0) is 48.1. The van der Waals surface area contributed by atoms with Gasteiger partial charge in [0.2, 0.25) is 0 Å². The predicted octanol–water partition coefficient (Wildman–Crippen LogP) is 0.391. The molecular weight excluding hydrogens is 839 g/mol. The molecule has 21 heteroatoms. The number of hydrogen-bond acceptors (Lipinski definition) is 17. The molecule has 0 spiro atoms. The Morgan fingerprint density at radius 1 is 0.953 bits per heavy atom. The minimum atomic E-state index is -1.78. The highest BCUT2D eigenvalue weighted by Gasteiger charge is 2.55. The summed E-state index contributed by atoms with van der Waals surface area (Å²) in [6.45, 7) is 18.2. The smallest absolute Gasteiger partial charge is 0.410 e. The van der Waals surface area contributed by atoms with Gasteiger partial charge in [-0.25, -0.2) is 14.4 Å². The van der Waals surface area contributed by atoms with Gasteiger partial charge in [-0.05, 0) is 113 Å². The Bertz CT molecular complexity index is 1620. The zero-order valence-electron chi connectivity index (χ0n) is 39.5. The highest BCUT2D eigenvalue weighted by Crippen LogP contribution is 2.37. The summed E-state index contributed by atoms with van der Waals surface area (Å²) in [5.74, 6) is -0.916. The molecule has 2 saturated heterocycles. The van der Waals surface area contributed by atoms with E-state index in [4.69, 9.17) is 39.9 Å². The fourth-order valence-electron chi connectivity index (χ4n) is 8.47. The molecule has 0 aromatic carbocycles. The third-order valence-corrected chi connectivity index (χ3v) is 11.5. The second-order valence-corrected chi connectivity index (χ2v) is 20.8. The molecule has 11 N–H and O–H groups in total. The first-order valence-corrected chi connectivity index (χ1v) is 22.3. The van der Waals surface area contributed by atoms with Gasteiger partial charge in [-0.1, -0.05) is 0 Å². The number of amides is 4. The number of piperidine rings is 1. The Balaban J connectivity index is 1.49. The first-order chi connectivity index (χ1) is 29.5. The molecule has 0 radical (unpaired) electrons. The largest absolute Gasteiger partial charge is 0.492 e. The Hall–Kier alpha value is -3.54. The number of nitrogens with one attached hydrogen (secondary N) is 3. The number of aliphatic hydroxyl groups is 4. The Morgan fingerprint density at radius 2 is 1.56 bits per heavy atom. The first-order valence-electron chi connectivity index (χ1n) is 22.3. The number of aliphatic hydroxyl groups excluding tert-OH is 3. The standard InChI is InChI=1S/C43H77N7O14/c1-40(2,3)62-37(55)47-21-28(51)35(54)48-27-18-26(45)29(30(52)33(27)61-36-31(53)34(43(10,58)22-59-36)49(11)38(56)63-41(4,5)6)32-25(44)13-12-24(60-32)20-46-19-23-14-16-50(17-15-23)39(57)64-42(7,8)9/h12,23,25-34,36,46,51-53,58H,13-22,44-45H2,1-11H3,(H,47,55)(H,48,54)/t25-,26+,27-,28-,29-,30+,31-,32?,33+,34-,36-,43+/m1/s1.